The van der Waals surface area contributed by atoms with Crippen molar-refractivity contribution in [3.63, 3.8) is 0 Å². The summed E-state index contributed by atoms with van der Waals surface area (Å²) in [5.74, 6) is 1.87. The first-order valence-electron chi connectivity index (χ1n) is 10.1. The Balaban J connectivity index is 0.00000300. The predicted octanol–water partition coefficient (Wildman–Crippen LogP) is 3.02. The van der Waals surface area contributed by atoms with Gasteiger partial charge in [-0.3, -0.25) is 4.99 Å². The first-order valence-corrected chi connectivity index (χ1v) is 10.1. The summed E-state index contributed by atoms with van der Waals surface area (Å²) in [5, 5.41) is 6.77. The minimum absolute atomic E-state index is 0. The predicted molar refractivity (Wildman–Crippen MR) is 132 cm³/mol. The average Bonchev–Trinajstić information content (AvgIpc) is 2.75. The minimum Gasteiger partial charge on any atom is -0.354 e. The van der Waals surface area contributed by atoms with Crippen LogP contribution in [0.3, 0.4) is 0 Å². The van der Waals surface area contributed by atoms with Gasteiger partial charge in [0.2, 0.25) is 0 Å². The Labute approximate surface area is 191 Å². The maximum Gasteiger partial charge on any atom is 0.191 e. The quantitative estimate of drug-likeness (QED) is 0.357. The van der Waals surface area contributed by atoms with E-state index in [0.29, 0.717) is 0 Å². The summed E-state index contributed by atoms with van der Waals surface area (Å²) in [6.07, 6.45) is 1.90. The molecule has 7 heteroatoms. The van der Waals surface area contributed by atoms with Crippen LogP contribution in [-0.2, 0) is 13.1 Å². The van der Waals surface area contributed by atoms with Crippen molar-refractivity contribution >= 4 is 35.8 Å². The molecule has 6 nitrogen and oxygen atoms in total. The van der Waals surface area contributed by atoms with Gasteiger partial charge in [0.1, 0.15) is 5.82 Å². The third kappa shape index (κ3) is 7.15. The topological polar surface area (TPSA) is 55.8 Å². The highest BCUT2D eigenvalue weighted by Gasteiger charge is 2.16. The van der Waals surface area contributed by atoms with Crippen LogP contribution in [0.25, 0.3) is 0 Å². The van der Waals surface area contributed by atoms with Crippen LogP contribution >= 0.6 is 24.0 Å². The van der Waals surface area contributed by atoms with Gasteiger partial charge in [0.25, 0.3) is 0 Å². The zero-order valence-electron chi connectivity index (χ0n) is 17.7. The Bertz CT molecular complexity index is 769. The summed E-state index contributed by atoms with van der Waals surface area (Å²) in [6.45, 7) is 11.2. The van der Waals surface area contributed by atoms with Crippen molar-refractivity contribution in [1.82, 2.24) is 20.5 Å². The van der Waals surface area contributed by atoms with Gasteiger partial charge in [-0.1, -0.05) is 36.8 Å². The van der Waals surface area contributed by atoms with Gasteiger partial charge in [-0.2, -0.15) is 0 Å². The van der Waals surface area contributed by atoms with Gasteiger partial charge in [0.05, 0.1) is 0 Å². The molecule has 2 heterocycles. The van der Waals surface area contributed by atoms with E-state index >= 15 is 0 Å². The van der Waals surface area contributed by atoms with Crippen LogP contribution in [0.5, 0.6) is 0 Å². The van der Waals surface area contributed by atoms with E-state index < -0.39 is 0 Å². The molecule has 158 valence electrons. The number of hydrogen-bond donors (Lipinski definition) is 2. The highest BCUT2D eigenvalue weighted by atomic mass is 127. The largest absolute Gasteiger partial charge is 0.354 e. The second-order valence-electron chi connectivity index (χ2n) is 7.21. The maximum absolute atomic E-state index is 4.58. The second kappa shape index (κ2) is 12.0. The molecular weight excluding hydrogens is 475 g/mol. The molecule has 0 radical (unpaired) electrons. The lowest BCUT2D eigenvalue weighted by molar-refractivity contribution is 0.270. The molecule has 2 N–H and O–H groups in total. The Hall–Kier alpha value is -1.87. The number of aliphatic imine (C=N–C) groups is 1. The average molecular weight is 508 g/mol. The number of aromatic nitrogens is 1. The molecule has 3 rings (SSSR count). The summed E-state index contributed by atoms with van der Waals surface area (Å²) in [4.78, 5) is 13.8. The number of anilines is 1. The number of nitrogens with one attached hydrogen (secondary N) is 2. The van der Waals surface area contributed by atoms with Crippen LogP contribution < -0.4 is 15.5 Å². The molecule has 0 spiro atoms. The molecule has 1 aliphatic rings. The standard InChI is InChI=1S/C22H32N6.HI/c1-4-27-11-13-28(14-12-27)21-15-20(9-10-24-21)17-26-22(23-3)25-16-19-7-5-18(2)6-8-19;/h5-10,15H,4,11-14,16-17H2,1-3H3,(H2,23,25,26);1H. The molecule has 0 saturated carbocycles. The van der Waals surface area contributed by atoms with Crippen molar-refractivity contribution in [3.8, 4) is 0 Å². The lowest BCUT2D eigenvalue weighted by atomic mass is 10.1. The molecule has 1 aliphatic heterocycles. The number of piperazine rings is 1. The molecule has 1 aromatic heterocycles. The Morgan fingerprint density at radius 1 is 1.00 bits per heavy atom. The Morgan fingerprint density at radius 3 is 2.28 bits per heavy atom. The van der Waals surface area contributed by atoms with Crippen LogP contribution in [0.2, 0.25) is 0 Å². The summed E-state index contributed by atoms with van der Waals surface area (Å²) in [7, 11) is 1.80. The molecule has 2 aromatic rings. The molecule has 1 saturated heterocycles. The van der Waals surface area contributed by atoms with Gasteiger partial charge in [-0.25, -0.2) is 4.98 Å². The lowest BCUT2D eigenvalue weighted by Crippen LogP contribution is -2.46. The Morgan fingerprint density at radius 2 is 1.66 bits per heavy atom. The molecule has 29 heavy (non-hydrogen) atoms. The zero-order valence-corrected chi connectivity index (χ0v) is 20.0. The van der Waals surface area contributed by atoms with E-state index in [-0.39, 0.29) is 24.0 Å². The highest BCUT2D eigenvalue weighted by Crippen LogP contribution is 2.15. The summed E-state index contributed by atoms with van der Waals surface area (Å²) in [5.41, 5.74) is 3.73. The Kier molecular flexibility index (Phi) is 9.66. The molecule has 1 aromatic carbocycles. The molecular formula is C22H33IN6. The second-order valence-corrected chi connectivity index (χ2v) is 7.21. The fourth-order valence-electron chi connectivity index (χ4n) is 3.33. The fourth-order valence-corrected chi connectivity index (χ4v) is 3.33. The van der Waals surface area contributed by atoms with Crippen molar-refractivity contribution in [1.29, 1.82) is 0 Å². The first kappa shape index (κ1) is 23.4. The minimum atomic E-state index is 0. The normalized spacial score (nSPS) is 15.0. The molecule has 0 aliphatic carbocycles. The van der Waals surface area contributed by atoms with E-state index in [2.05, 4.69) is 80.7 Å². The van der Waals surface area contributed by atoms with Gasteiger partial charge >= 0.3 is 0 Å². The molecule has 0 atom stereocenters. The number of hydrogen-bond acceptors (Lipinski definition) is 4. The van der Waals surface area contributed by atoms with Gasteiger partial charge in [0.15, 0.2) is 5.96 Å². The maximum atomic E-state index is 4.58. The van der Waals surface area contributed by atoms with Crippen molar-refractivity contribution in [3.05, 3.63) is 59.3 Å². The van der Waals surface area contributed by atoms with Crippen LogP contribution in [0.1, 0.15) is 23.6 Å². The third-order valence-corrected chi connectivity index (χ3v) is 5.22. The number of guanidine groups is 1. The van der Waals surface area contributed by atoms with E-state index in [4.69, 9.17) is 0 Å². The number of likely N-dealkylation sites (N-methyl/N-ethyl adjacent to an activating group) is 1. The summed E-state index contributed by atoms with van der Waals surface area (Å²) in [6, 6.07) is 12.8. The first-order chi connectivity index (χ1) is 13.7. The van der Waals surface area contributed by atoms with Gasteiger partial charge < -0.3 is 20.4 Å². The number of nitrogens with zero attached hydrogens (tertiary/aromatic N) is 4. The SMILES string of the molecule is CCN1CCN(c2cc(CNC(=NC)NCc3ccc(C)cc3)ccn2)CC1.I. The third-order valence-electron chi connectivity index (χ3n) is 5.22. The monoisotopic (exact) mass is 508 g/mol. The molecule has 0 amide bonds. The number of rotatable bonds is 6. The van der Waals surface area contributed by atoms with Crippen molar-refractivity contribution in [2.24, 2.45) is 4.99 Å². The molecule has 0 bridgehead atoms. The number of pyridine rings is 1. The van der Waals surface area contributed by atoms with Crippen LogP contribution in [0.4, 0.5) is 5.82 Å². The van der Waals surface area contributed by atoms with Crippen LogP contribution in [0, 0.1) is 6.92 Å². The van der Waals surface area contributed by atoms with Gasteiger partial charge in [0, 0.05) is 52.5 Å². The van der Waals surface area contributed by atoms with Crippen molar-refractivity contribution in [2.45, 2.75) is 26.9 Å². The number of benzene rings is 1. The van der Waals surface area contributed by atoms with E-state index in [1.807, 2.05) is 6.20 Å². The van der Waals surface area contributed by atoms with Crippen LogP contribution in [-0.4, -0.2) is 55.6 Å². The number of aryl methyl sites for hydroxylation is 1. The lowest BCUT2D eigenvalue weighted by Gasteiger charge is -2.34. The van der Waals surface area contributed by atoms with Crippen molar-refractivity contribution in [2.75, 3.05) is 44.7 Å². The van der Waals surface area contributed by atoms with Crippen LogP contribution in [0.15, 0.2) is 47.6 Å². The van der Waals surface area contributed by atoms with Crippen molar-refractivity contribution < 1.29 is 0 Å². The smallest absolute Gasteiger partial charge is 0.191 e. The van der Waals surface area contributed by atoms with Gasteiger partial charge in [-0.15, -0.1) is 24.0 Å². The van der Waals surface area contributed by atoms with E-state index in [1.54, 1.807) is 7.05 Å². The summed E-state index contributed by atoms with van der Waals surface area (Å²) < 4.78 is 0. The zero-order chi connectivity index (χ0) is 19.8. The van der Waals surface area contributed by atoms with E-state index in [9.17, 15) is 0 Å². The molecule has 0 unspecified atom stereocenters. The molecule has 1 fully saturated rings. The van der Waals surface area contributed by atoms with E-state index in [0.717, 1.165) is 57.6 Å². The van der Waals surface area contributed by atoms with E-state index in [1.165, 1.54) is 16.7 Å². The fraction of sp³-hybridized carbons (Fsp3) is 0.455. The highest BCUT2D eigenvalue weighted by molar-refractivity contribution is 14.0. The summed E-state index contributed by atoms with van der Waals surface area (Å²) >= 11 is 0. The van der Waals surface area contributed by atoms with Gasteiger partial charge in [-0.05, 0) is 36.7 Å². The number of halogens is 1.